The standard InChI is InChI=1S/C13H29NO4Si/c1-5-13(14-9-11-15-12-10-14)19(16-6-2,17-7-3)18-8-4/h13H,5-12H2,1-4H3. The Kier molecular flexibility index (Phi) is 8.13. The zero-order valence-corrected chi connectivity index (χ0v) is 13.8. The van der Waals surface area contributed by atoms with Crippen LogP contribution in [0.3, 0.4) is 0 Å². The summed E-state index contributed by atoms with van der Waals surface area (Å²) in [5.41, 5.74) is 0.233. The molecule has 0 bridgehead atoms. The van der Waals surface area contributed by atoms with Gasteiger partial charge < -0.3 is 18.0 Å². The van der Waals surface area contributed by atoms with Crippen molar-refractivity contribution >= 4 is 8.80 Å². The van der Waals surface area contributed by atoms with Gasteiger partial charge >= 0.3 is 8.80 Å². The van der Waals surface area contributed by atoms with E-state index >= 15 is 0 Å². The van der Waals surface area contributed by atoms with Crippen molar-refractivity contribution in [3.8, 4) is 0 Å². The number of rotatable bonds is 9. The van der Waals surface area contributed by atoms with Crippen molar-refractivity contribution in [2.45, 2.75) is 39.8 Å². The number of morpholine rings is 1. The molecule has 1 atom stereocenters. The summed E-state index contributed by atoms with van der Waals surface area (Å²) in [6.07, 6.45) is 0.978. The van der Waals surface area contributed by atoms with E-state index in [0.29, 0.717) is 19.8 Å². The minimum atomic E-state index is -2.64. The molecular formula is C13H29NO4Si. The van der Waals surface area contributed by atoms with Crippen LogP contribution in [0.25, 0.3) is 0 Å². The molecule has 1 saturated heterocycles. The third-order valence-electron chi connectivity index (χ3n) is 3.32. The predicted molar refractivity (Wildman–Crippen MR) is 77.1 cm³/mol. The Hall–Kier alpha value is 0.0169. The van der Waals surface area contributed by atoms with Gasteiger partial charge in [-0.25, -0.2) is 0 Å². The molecule has 6 heteroatoms. The summed E-state index contributed by atoms with van der Waals surface area (Å²) in [5, 5.41) is 0. The smallest absolute Gasteiger partial charge is 0.379 e. The van der Waals surface area contributed by atoms with Gasteiger partial charge in [-0.1, -0.05) is 6.92 Å². The number of nitrogens with zero attached hydrogens (tertiary/aromatic N) is 1. The third kappa shape index (κ3) is 4.51. The fourth-order valence-corrected chi connectivity index (χ4v) is 5.88. The van der Waals surface area contributed by atoms with Crippen LogP contribution in [0, 0.1) is 0 Å². The Bertz CT molecular complexity index is 220. The van der Waals surface area contributed by atoms with Crippen LogP contribution >= 0.6 is 0 Å². The molecule has 1 rings (SSSR count). The fourth-order valence-electron chi connectivity index (χ4n) is 2.64. The quantitative estimate of drug-likeness (QED) is 0.605. The van der Waals surface area contributed by atoms with Gasteiger partial charge in [0.25, 0.3) is 0 Å². The summed E-state index contributed by atoms with van der Waals surface area (Å²) in [4.78, 5) is 2.41. The summed E-state index contributed by atoms with van der Waals surface area (Å²) in [7, 11) is -2.64. The molecule has 0 aromatic heterocycles. The molecule has 1 aliphatic rings. The van der Waals surface area contributed by atoms with E-state index in [-0.39, 0.29) is 5.67 Å². The summed E-state index contributed by atoms with van der Waals surface area (Å²) < 4.78 is 23.5. The maximum atomic E-state index is 6.03. The fraction of sp³-hybridized carbons (Fsp3) is 1.00. The van der Waals surface area contributed by atoms with Gasteiger partial charge in [0.15, 0.2) is 0 Å². The number of hydrogen-bond donors (Lipinski definition) is 0. The Labute approximate surface area is 118 Å². The van der Waals surface area contributed by atoms with Crippen molar-refractivity contribution in [2.24, 2.45) is 0 Å². The van der Waals surface area contributed by atoms with E-state index < -0.39 is 8.80 Å². The second-order valence-electron chi connectivity index (χ2n) is 4.47. The lowest BCUT2D eigenvalue weighted by Crippen LogP contribution is -2.64. The van der Waals surface area contributed by atoms with E-state index in [9.17, 15) is 0 Å². The van der Waals surface area contributed by atoms with Gasteiger partial charge in [0.2, 0.25) is 0 Å². The highest BCUT2D eigenvalue weighted by Crippen LogP contribution is 2.23. The van der Waals surface area contributed by atoms with Crippen LogP contribution in [-0.4, -0.2) is 65.5 Å². The lowest BCUT2D eigenvalue weighted by molar-refractivity contribution is -0.00823. The van der Waals surface area contributed by atoms with Gasteiger partial charge in [-0.2, -0.15) is 0 Å². The molecule has 1 fully saturated rings. The van der Waals surface area contributed by atoms with Crippen LogP contribution in [0.2, 0.25) is 0 Å². The average molecular weight is 291 g/mol. The Balaban J connectivity index is 2.87. The van der Waals surface area contributed by atoms with Gasteiger partial charge in [-0.15, -0.1) is 0 Å². The third-order valence-corrected chi connectivity index (χ3v) is 6.98. The normalized spacial score (nSPS) is 19.6. The highest BCUT2D eigenvalue weighted by molar-refractivity contribution is 6.62. The molecule has 5 nitrogen and oxygen atoms in total. The van der Waals surface area contributed by atoms with Crippen molar-refractivity contribution in [3.05, 3.63) is 0 Å². The molecule has 0 radical (unpaired) electrons. The van der Waals surface area contributed by atoms with Crippen molar-refractivity contribution in [2.75, 3.05) is 46.1 Å². The minimum absolute atomic E-state index is 0.233. The molecule has 114 valence electrons. The Morgan fingerprint density at radius 3 is 1.79 bits per heavy atom. The van der Waals surface area contributed by atoms with E-state index in [0.717, 1.165) is 32.7 Å². The lowest BCUT2D eigenvalue weighted by Gasteiger charge is -2.42. The topological polar surface area (TPSA) is 40.2 Å². The van der Waals surface area contributed by atoms with Crippen LogP contribution in [0.1, 0.15) is 34.1 Å². The maximum Gasteiger partial charge on any atom is 0.519 e. The van der Waals surface area contributed by atoms with E-state index in [1.54, 1.807) is 0 Å². The molecule has 0 N–H and O–H groups in total. The van der Waals surface area contributed by atoms with Crippen molar-refractivity contribution in [1.29, 1.82) is 0 Å². The molecule has 1 unspecified atom stereocenters. The lowest BCUT2D eigenvalue weighted by atomic mass is 10.3. The summed E-state index contributed by atoms with van der Waals surface area (Å²) in [6.45, 7) is 13.5. The molecule has 19 heavy (non-hydrogen) atoms. The molecule has 1 heterocycles. The Morgan fingerprint density at radius 1 is 0.947 bits per heavy atom. The van der Waals surface area contributed by atoms with Gasteiger partial charge in [0, 0.05) is 32.9 Å². The predicted octanol–water partition coefficient (Wildman–Crippen LogP) is 1.68. The summed E-state index contributed by atoms with van der Waals surface area (Å²) in [5.74, 6) is 0. The largest absolute Gasteiger partial charge is 0.519 e. The monoisotopic (exact) mass is 291 g/mol. The van der Waals surface area contributed by atoms with Gasteiger partial charge in [0.1, 0.15) is 0 Å². The van der Waals surface area contributed by atoms with Crippen LogP contribution in [0.5, 0.6) is 0 Å². The van der Waals surface area contributed by atoms with Gasteiger partial charge in [-0.3, -0.25) is 4.90 Å². The van der Waals surface area contributed by atoms with Crippen LogP contribution in [0.15, 0.2) is 0 Å². The van der Waals surface area contributed by atoms with E-state index in [4.69, 9.17) is 18.0 Å². The van der Waals surface area contributed by atoms with Crippen LogP contribution in [0.4, 0.5) is 0 Å². The first-order valence-electron chi connectivity index (χ1n) is 7.47. The van der Waals surface area contributed by atoms with E-state index in [2.05, 4.69) is 11.8 Å². The van der Waals surface area contributed by atoms with Crippen molar-refractivity contribution in [1.82, 2.24) is 4.90 Å². The molecule has 0 amide bonds. The summed E-state index contributed by atoms with van der Waals surface area (Å²) >= 11 is 0. The number of ether oxygens (including phenoxy) is 1. The molecule has 0 saturated carbocycles. The molecule has 0 aromatic rings. The van der Waals surface area contributed by atoms with Gasteiger partial charge in [0.05, 0.1) is 18.9 Å². The molecule has 1 aliphatic heterocycles. The average Bonchev–Trinajstić information content (AvgIpc) is 2.41. The first-order chi connectivity index (χ1) is 9.24. The highest BCUT2D eigenvalue weighted by atomic mass is 28.4. The van der Waals surface area contributed by atoms with Crippen molar-refractivity contribution in [3.63, 3.8) is 0 Å². The SMILES string of the molecule is CCO[Si](OCC)(OCC)C(CC)N1CCOCC1. The second-order valence-corrected chi connectivity index (χ2v) is 7.21. The number of hydrogen-bond acceptors (Lipinski definition) is 5. The molecule has 0 aromatic carbocycles. The zero-order valence-electron chi connectivity index (χ0n) is 12.8. The van der Waals surface area contributed by atoms with Crippen LogP contribution < -0.4 is 0 Å². The van der Waals surface area contributed by atoms with E-state index in [1.165, 1.54) is 0 Å². The Morgan fingerprint density at radius 2 is 1.42 bits per heavy atom. The molecule has 0 aliphatic carbocycles. The van der Waals surface area contributed by atoms with Crippen LogP contribution in [-0.2, 0) is 18.0 Å². The van der Waals surface area contributed by atoms with Crippen molar-refractivity contribution < 1.29 is 18.0 Å². The van der Waals surface area contributed by atoms with E-state index in [1.807, 2.05) is 20.8 Å². The first-order valence-corrected chi connectivity index (χ1v) is 9.27. The van der Waals surface area contributed by atoms with Gasteiger partial charge in [-0.05, 0) is 27.2 Å². The minimum Gasteiger partial charge on any atom is -0.379 e. The first kappa shape index (κ1) is 17.1. The maximum absolute atomic E-state index is 6.03. The molecular weight excluding hydrogens is 262 g/mol. The zero-order chi connectivity index (χ0) is 14.1. The summed E-state index contributed by atoms with van der Waals surface area (Å²) in [6, 6.07) is 0. The molecule has 0 spiro atoms. The highest BCUT2D eigenvalue weighted by Gasteiger charge is 2.51. The second kappa shape index (κ2) is 9.04.